The zero-order valence-electron chi connectivity index (χ0n) is 12.1. The van der Waals surface area contributed by atoms with Crippen molar-refractivity contribution in [3.8, 4) is 0 Å². The van der Waals surface area contributed by atoms with Gasteiger partial charge in [-0.3, -0.25) is 10.1 Å². The number of nitrogens with one attached hydrogen (secondary N) is 1. The first-order chi connectivity index (χ1) is 9.45. The van der Waals surface area contributed by atoms with Crippen molar-refractivity contribution in [3.63, 3.8) is 0 Å². The van der Waals surface area contributed by atoms with Crippen LogP contribution in [0.4, 0.5) is 5.69 Å². The number of ether oxygens (including phenoxy) is 1. The molecule has 1 N–H and O–H groups in total. The summed E-state index contributed by atoms with van der Waals surface area (Å²) in [6.07, 6.45) is 0. The van der Waals surface area contributed by atoms with Gasteiger partial charge >= 0.3 is 0 Å². The second kappa shape index (κ2) is 8.19. The number of hydrogen-bond acceptors (Lipinski definition) is 4. The van der Waals surface area contributed by atoms with Gasteiger partial charge in [-0.05, 0) is 25.0 Å². The Morgan fingerprint density at radius 2 is 2.15 bits per heavy atom. The SMILES string of the molecule is CCOCC(NCc1cc(Cl)ccc1[N+](=O)[O-])C(C)C. The second-order valence-electron chi connectivity index (χ2n) is 4.92. The van der Waals surface area contributed by atoms with E-state index in [1.165, 1.54) is 12.1 Å². The van der Waals surface area contributed by atoms with Crippen molar-refractivity contribution in [2.24, 2.45) is 5.92 Å². The zero-order valence-corrected chi connectivity index (χ0v) is 12.8. The van der Waals surface area contributed by atoms with Gasteiger partial charge in [-0.15, -0.1) is 0 Å². The van der Waals surface area contributed by atoms with Gasteiger partial charge in [-0.1, -0.05) is 25.4 Å². The molecule has 20 heavy (non-hydrogen) atoms. The van der Waals surface area contributed by atoms with Crippen LogP contribution >= 0.6 is 11.6 Å². The average Bonchev–Trinajstić information content (AvgIpc) is 2.38. The van der Waals surface area contributed by atoms with Crippen LogP contribution in [0, 0.1) is 16.0 Å². The highest BCUT2D eigenvalue weighted by molar-refractivity contribution is 6.30. The number of nitrogens with zero attached hydrogens (tertiary/aromatic N) is 1. The van der Waals surface area contributed by atoms with E-state index in [0.717, 1.165) is 0 Å². The molecule has 112 valence electrons. The maximum absolute atomic E-state index is 11.0. The summed E-state index contributed by atoms with van der Waals surface area (Å²) in [5, 5.41) is 14.8. The smallest absolute Gasteiger partial charge is 0.273 e. The Kier molecular flexibility index (Phi) is 6.91. The molecule has 0 fully saturated rings. The van der Waals surface area contributed by atoms with Crippen LogP contribution in [0.5, 0.6) is 0 Å². The van der Waals surface area contributed by atoms with Crippen LogP contribution in [0.3, 0.4) is 0 Å². The van der Waals surface area contributed by atoms with Gasteiger partial charge in [0.1, 0.15) is 0 Å². The Morgan fingerprint density at radius 1 is 1.45 bits per heavy atom. The summed E-state index contributed by atoms with van der Waals surface area (Å²) >= 11 is 5.91. The number of hydrogen-bond donors (Lipinski definition) is 1. The fraction of sp³-hybridized carbons (Fsp3) is 0.571. The number of nitro benzene ring substituents is 1. The molecule has 0 heterocycles. The third kappa shape index (κ3) is 5.07. The van der Waals surface area contributed by atoms with E-state index in [1.54, 1.807) is 6.07 Å². The van der Waals surface area contributed by atoms with Gasteiger partial charge in [0, 0.05) is 35.8 Å². The highest BCUT2D eigenvalue weighted by Gasteiger charge is 2.17. The molecule has 0 amide bonds. The van der Waals surface area contributed by atoms with E-state index in [2.05, 4.69) is 19.2 Å². The molecule has 0 aromatic heterocycles. The highest BCUT2D eigenvalue weighted by Crippen LogP contribution is 2.22. The fourth-order valence-electron chi connectivity index (χ4n) is 1.85. The average molecular weight is 301 g/mol. The van der Waals surface area contributed by atoms with Gasteiger partial charge in [-0.2, -0.15) is 0 Å². The lowest BCUT2D eigenvalue weighted by Gasteiger charge is -2.22. The van der Waals surface area contributed by atoms with Crippen LogP contribution in [-0.2, 0) is 11.3 Å². The maximum Gasteiger partial charge on any atom is 0.273 e. The molecule has 0 aliphatic rings. The third-order valence-corrected chi connectivity index (χ3v) is 3.33. The molecule has 5 nitrogen and oxygen atoms in total. The number of benzene rings is 1. The highest BCUT2D eigenvalue weighted by atomic mass is 35.5. The van der Waals surface area contributed by atoms with Crippen molar-refractivity contribution in [2.45, 2.75) is 33.4 Å². The summed E-state index contributed by atoms with van der Waals surface area (Å²) in [7, 11) is 0. The van der Waals surface area contributed by atoms with Crippen LogP contribution in [0.2, 0.25) is 5.02 Å². The molecule has 1 aromatic rings. The van der Waals surface area contributed by atoms with E-state index < -0.39 is 0 Å². The molecule has 0 aliphatic carbocycles. The first-order valence-corrected chi connectivity index (χ1v) is 7.07. The summed E-state index contributed by atoms with van der Waals surface area (Å²) in [5.41, 5.74) is 0.672. The minimum atomic E-state index is -0.389. The van der Waals surface area contributed by atoms with Crippen molar-refractivity contribution in [1.82, 2.24) is 5.32 Å². The topological polar surface area (TPSA) is 64.4 Å². The standard InChI is InChI=1S/C14H21ClN2O3/c1-4-20-9-13(10(2)3)16-8-11-7-12(15)5-6-14(11)17(18)19/h5-7,10,13,16H,4,8-9H2,1-3H3. The third-order valence-electron chi connectivity index (χ3n) is 3.10. The largest absolute Gasteiger partial charge is 0.380 e. The molecule has 0 radical (unpaired) electrons. The van der Waals surface area contributed by atoms with E-state index >= 15 is 0 Å². The van der Waals surface area contributed by atoms with Crippen LogP contribution in [0.25, 0.3) is 0 Å². The van der Waals surface area contributed by atoms with Crippen LogP contribution in [0.15, 0.2) is 18.2 Å². The fourth-order valence-corrected chi connectivity index (χ4v) is 2.04. The summed E-state index contributed by atoms with van der Waals surface area (Å²) in [4.78, 5) is 10.6. The van der Waals surface area contributed by atoms with Crippen LogP contribution < -0.4 is 5.32 Å². The monoisotopic (exact) mass is 300 g/mol. The quantitative estimate of drug-likeness (QED) is 0.590. The predicted molar refractivity (Wildman–Crippen MR) is 80.1 cm³/mol. The molecule has 0 spiro atoms. The summed E-state index contributed by atoms with van der Waals surface area (Å²) < 4.78 is 5.42. The molecular formula is C14H21ClN2O3. The van der Waals surface area contributed by atoms with Gasteiger partial charge in [0.25, 0.3) is 5.69 Å². The van der Waals surface area contributed by atoms with E-state index in [0.29, 0.717) is 36.3 Å². The molecule has 1 unspecified atom stereocenters. The van der Waals surface area contributed by atoms with E-state index in [4.69, 9.17) is 16.3 Å². The van der Waals surface area contributed by atoms with Gasteiger partial charge in [0.2, 0.25) is 0 Å². The molecular weight excluding hydrogens is 280 g/mol. The lowest BCUT2D eigenvalue weighted by molar-refractivity contribution is -0.385. The van der Waals surface area contributed by atoms with Crippen molar-refractivity contribution in [3.05, 3.63) is 38.9 Å². The van der Waals surface area contributed by atoms with Crippen molar-refractivity contribution < 1.29 is 9.66 Å². The Morgan fingerprint density at radius 3 is 2.70 bits per heavy atom. The Labute approximate surface area is 124 Å². The summed E-state index contributed by atoms with van der Waals surface area (Å²) in [6, 6.07) is 4.74. The molecule has 1 atom stereocenters. The van der Waals surface area contributed by atoms with Crippen LogP contribution in [-0.4, -0.2) is 24.2 Å². The molecule has 0 saturated heterocycles. The minimum absolute atomic E-state index is 0.0841. The number of halogens is 1. The van der Waals surface area contributed by atoms with Crippen molar-refractivity contribution in [2.75, 3.05) is 13.2 Å². The molecule has 1 aromatic carbocycles. The molecule has 0 saturated carbocycles. The van der Waals surface area contributed by atoms with E-state index in [-0.39, 0.29) is 16.7 Å². The molecule has 6 heteroatoms. The maximum atomic E-state index is 11.0. The first-order valence-electron chi connectivity index (χ1n) is 6.69. The lowest BCUT2D eigenvalue weighted by Crippen LogP contribution is -2.37. The number of nitro groups is 1. The minimum Gasteiger partial charge on any atom is -0.380 e. The van der Waals surface area contributed by atoms with Gasteiger partial charge in [0.15, 0.2) is 0 Å². The summed E-state index contributed by atoms with van der Waals surface area (Å²) in [5.74, 6) is 0.375. The van der Waals surface area contributed by atoms with Crippen molar-refractivity contribution >= 4 is 17.3 Å². The van der Waals surface area contributed by atoms with Gasteiger partial charge in [0.05, 0.1) is 11.5 Å². The zero-order chi connectivity index (χ0) is 15.1. The van der Waals surface area contributed by atoms with E-state index in [1.807, 2.05) is 6.92 Å². The second-order valence-corrected chi connectivity index (χ2v) is 5.36. The molecule has 1 rings (SSSR count). The van der Waals surface area contributed by atoms with Gasteiger partial charge < -0.3 is 10.1 Å². The van der Waals surface area contributed by atoms with Crippen molar-refractivity contribution in [1.29, 1.82) is 0 Å². The normalized spacial score (nSPS) is 12.7. The lowest BCUT2D eigenvalue weighted by atomic mass is 10.0. The van der Waals surface area contributed by atoms with Crippen LogP contribution in [0.1, 0.15) is 26.3 Å². The number of rotatable bonds is 8. The Balaban J connectivity index is 2.76. The predicted octanol–water partition coefficient (Wildman–Crippen LogP) is 3.40. The molecule has 0 bridgehead atoms. The van der Waals surface area contributed by atoms with Gasteiger partial charge in [-0.25, -0.2) is 0 Å². The van der Waals surface area contributed by atoms with E-state index in [9.17, 15) is 10.1 Å². The Bertz CT molecular complexity index is 452. The molecule has 0 aliphatic heterocycles. The summed E-state index contributed by atoms with van der Waals surface area (Å²) in [6.45, 7) is 7.75. The Hall–Kier alpha value is -1.17. The first kappa shape index (κ1) is 16.9.